The molecule has 15 heavy (non-hydrogen) atoms. The fourth-order valence-electron chi connectivity index (χ4n) is 0.807. The first-order valence-electron chi connectivity index (χ1n) is 4.38. The molecule has 0 heterocycles. The molecule has 0 aromatic heterocycles. The minimum absolute atomic E-state index is 0.287. The van der Waals surface area contributed by atoms with Gasteiger partial charge in [0.05, 0.1) is 12.7 Å². The Morgan fingerprint density at radius 1 is 1.20 bits per heavy atom. The van der Waals surface area contributed by atoms with Crippen LogP contribution in [0.2, 0.25) is 0 Å². The van der Waals surface area contributed by atoms with Crippen LogP contribution >= 0.6 is 0 Å². The number of carbonyl (C=O) groups excluding carboxylic acids is 2. The summed E-state index contributed by atoms with van der Waals surface area (Å²) in [5, 5.41) is 0. The molecule has 1 rings (SSSR count). The van der Waals surface area contributed by atoms with Gasteiger partial charge < -0.3 is 10.5 Å². The predicted molar refractivity (Wildman–Crippen MR) is 57.4 cm³/mol. The van der Waals surface area contributed by atoms with E-state index in [9.17, 15) is 9.59 Å². The number of hydrogen-bond acceptors (Lipinski definition) is 3. The van der Waals surface area contributed by atoms with Crippen molar-refractivity contribution in [3.63, 3.8) is 0 Å². The number of carbonyl (C=O) groups is 2. The van der Waals surface area contributed by atoms with E-state index in [1.807, 2.05) is 19.1 Å². The number of esters is 1. The summed E-state index contributed by atoms with van der Waals surface area (Å²) in [6, 6.07) is 7.26. The Morgan fingerprint density at radius 3 is 1.93 bits per heavy atom. The van der Waals surface area contributed by atoms with Crippen LogP contribution in [0.4, 0.5) is 0 Å². The van der Waals surface area contributed by atoms with Crippen LogP contribution in [-0.2, 0) is 9.53 Å². The van der Waals surface area contributed by atoms with Gasteiger partial charge in [0.25, 0.3) is 0 Å². The zero-order chi connectivity index (χ0) is 11.8. The van der Waals surface area contributed by atoms with Gasteiger partial charge in [-0.3, -0.25) is 4.79 Å². The molecule has 0 aliphatic carbocycles. The van der Waals surface area contributed by atoms with Gasteiger partial charge in [-0.05, 0) is 19.1 Å². The first kappa shape index (κ1) is 13.2. The third-order valence-electron chi connectivity index (χ3n) is 1.47. The number of hydrogen-bond donors (Lipinski definition) is 1. The van der Waals surface area contributed by atoms with Gasteiger partial charge in [-0.1, -0.05) is 17.7 Å². The number of benzene rings is 1. The maximum atomic E-state index is 10.9. The Labute approximate surface area is 89.0 Å². The lowest BCUT2D eigenvalue weighted by Crippen LogP contribution is -2.01. The maximum Gasteiger partial charge on any atom is 0.337 e. The van der Waals surface area contributed by atoms with Gasteiger partial charge in [0, 0.05) is 6.92 Å². The predicted octanol–water partition coefficient (Wildman–Crippen LogP) is 1.27. The zero-order valence-electron chi connectivity index (χ0n) is 9.11. The van der Waals surface area contributed by atoms with E-state index in [1.165, 1.54) is 14.0 Å². The van der Waals surface area contributed by atoms with E-state index < -0.39 is 0 Å². The average Bonchev–Trinajstić information content (AvgIpc) is 2.17. The van der Waals surface area contributed by atoms with E-state index in [-0.39, 0.29) is 11.9 Å². The molecule has 0 saturated heterocycles. The monoisotopic (exact) mass is 209 g/mol. The molecule has 0 aliphatic rings. The molecule has 0 unspecified atom stereocenters. The van der Waals surface area contributed by atoms with E-state index >= 15 is 0 Å². The SMILES string of the molecule is CC(N)=O.COC(=O)c1ccc(C)cc1. The van der Waals surface area contributed by atoms with Crippen LogP contribution in [0.5, 0.6) is 0 Å². The first-order valence-corrected chi connectivity index (χ1v) is 4.38. The lowest BCUT2D eigenvalue weighted by Gasteiger charge is -1.97. The summed E-state index contributed by atoms with van der Waals surface area (Å²) in [5.41, 5.74) is 6.20. The summed E-state index contributed by atoms with van der Waals surface area (Å²) < 4.78 is 4.54. The molecular formula is C11H15NO3. The molecule has 4 nitrogen and oxygen atoms in total. The lowest BCUT2D eigenvalue weighted by atomic mass is 10.2. The highest BCUT2D eigenvalue weighted by atomic mass is 16.5. The molecule has 0 fully saturated rings. The molecule has 1 aromatic carbocycles. The first-order chi connectivity index (χ1) is 6.97. The standard InChI is InChI=1S/C9H10O2.C2H5NO/c1-7-3-5-8(6-4-7)9(10)11-2;1-2(3)4/h3-6H,1-2H3;1H3,(H2,3,4). The van der Waals surface area contributed by atoms with Gasteiger partial charge in [-0.15, -0.1) is 0 Å². The summed E-state index contributed by atoms with van der Waals surface area (Å²) in [7, 11) is 1.38. The number of aryl methyl sites for hydroxylation is 1. The van der Waals surface area contributed by atoms with Crippen LogP contribution in [-0.4, -0.2) is 19.0 Å². The zero-order valence-corrected chi connectivity index (χ0v) is 9.11. The van der Waals surface area contributed by atoms with E-state index in [4.69, 9.17) is 0 Å². The molecule has 4 heteroatoms. The van der Waals surface area contributed by atoms with Crippen molar-refractivity contribution in [1.29, 1.82) is 0 Å². The third kappa shape index (κ3) is 6.26. The fraction of sp³-hybridized carbons (Fsp3) is 0.273. The van der Waals surface area contributed by atoms with Gasteiger partial charge in [-0.2, -0.15) is 0 Å². The van der Waals surface area contributed by atoms with Crippen molar-refractivity contribution in [3.8, 4) is 0 Å². The molecule has 0 radical (unpaired) electrons. The van der Waals surface area contributed by atoms with E-state index in [1.54, 1.807) is 12.1 Å². The van der Waals surface area contributed by atoms with Crippen molar-refractivity contribution in [1.82, 2.24) is 0 Å². The normalized spacial score (nSPS) is 8.47. The minimum atomic E-state index is -0.333. The lowest BCUT2D eigenvalue weighted by molar-refractivity contribution is -0.115. The average molecular weight is 209 g/mol. The molecule has 0 aliphatic heterocycles. The van der Waals surface area contributed by atoms with E-state index in [0.29, 0.717) is 5.56 Å². The fourth-order valence-corrected chi connectivity index (χ4v) is 0.807. The molecule has 0 bridgehead atoms. The van der Waals surface area contributed by atoms with Crippen molar-refractivity contribution in [2.24, 2.45) is 5.73 Å². The molecule has 0 spiro atoms. The van der Waals surface area contributed by atoms with Crippen molar-refractivity contribution in [2.45, 2.75) is 13.8 Å². The Balaban J connectivity index is 0.000000423. The highest BCUT2D eigenvalue weighted by Gasteiger charge is 2.01. The van der Waals surface area contributed by atoms with Crippen LogP contribution in [0.15, 0.2) is 24.3 Å². The largest absolute Gasteiger partial charge is 0.465 e. The van der Waals surface area contributed by atoms with Gasteiger partial charge in [-0.25, -0.2) is 4.79 Å². The minimum Gasteiger partial charge on any atom is -0.465 e. The highest BCUT2D eigenvalue weighted by Crippen LogP contribution is 2.03. The van der Waals surface area contributed by atoms with Crippen molar-refractivity contribution in [3.05, 3.63) is 35.4 Å². The Bertz CT molecular complexity index is 326. The number of methoxy groups -OCH3 is 1. The van der Waals surface area contributed by atoms with Crippen LogP contribution in [0.3, 0.4) is 0 Å². The molecule has 1 aromatic rings. The topological polar surface area (TPSA) is 69.4 Å². The van der Waals surface area contributed by atoms with Gasteiger partial charge in [0.15, 0.2) is 0 Å². The highest BCUT2D eigenvalue weighted by molar-refractivity contribution is 5.89. The summed E-state index contributed by atoms with van der Waals surface area (Å²) in [5.74, 6) is -0.620. The van der Waals surface area contributed by atoms with Crippen molar-refractivity contribution >= 4 is 11.9 Å². The number of primary amides is 1. The van der Waals surface area contributed by atoms with Gasteiger partial charge >= 0.3 is 5.97 Å². The molecule has 0 atom stereocenters. The van der Waals surface area contributed by atoms with Crippen LogP contribution < -0.4 is 5.73 Å². The Hall–Kier alpha value is -1.84. The molecule has 1 amide bonds. The number of nitrogens with two attached hydrogens (primary N) is 1. The summed E-state index contributed by atoms with van der Waals surface area (Å²) in [6.07, 6.45) is 0. The Morgan fingerprint density at radius 2 is 1.60 bits per heavy atom. The second-order valence-corrected chi connectivity index (χ2v) is 2.97. The molecular weight excluding hydrogens is 194 g/mol. The molecule has 82 valence electrons. The quantitative estimate of drug-likeness (QED) is 0.708. The second-order valence-electron chi connectivity index (χ2n) is 2.97. The van der Waals surface area contributed by atoms with E-state index in [0.717, 1.165) is 5.56 Å². The third-order valence-corrected chi connectivity index (χ3v) is 1.47. The number of amides is 1. The summed E-state index contributed by atoms with van der Waals surface area (Å²) in [6.45, 7) is 3.28. The van der Waals surface area contributed by atoms with Crippen LogP contribution in [0.1, 0.15) is 22.8 Å². The molecule has 0 saturated carbocycles. The summed E-state index contributed by atoms with van der Waals surface area (Å²) in [4.78, 5) is 20.1. The van der Waals surface area contributed by atoms with E-state index in [2.05, 4.69) is 10.5 Å². The number of rotatable bonds is 1. The Kier molecular flexibility index (Phi) is 5.78. The number of ether oxygens (including phenoxy) is 1. The second kappa shape index (κ2) is 6.59. The molecule has 2 N–H and O–H groups in total. The van der Waals surface area contributed by atoms with Gasteiger partial charge in [0.2, 0.25) is 5.91 Å². The van der Waals surface area contributed by atoms with Crippen molar-refractivity contribution < 1.29 is 14.3 Å². The van der Waals surface area contributed by atoms with Crippen LogP contribution in [0.25, 0.3) is 0 Å². The smallest absolute Gasteiger partial charge is 0.337 e. The van der Waals surface area contributed by atoms with Crippen molar-refractivity contribution in [2.75, 3.05) is 7.11 Å². The van der Waals surface area contributed by atoms with Crippen LogP contribution in [0, 0.1) is 6.92 Å². The van der Waals surface area contributed by atoms with Gasteiger partial charge in [0.1, 0.15) is 0 Å². The summed E-state index contributed by atoms with van der Waals surface area (Å²) >= 11 is 0. The maximum absolute atomic E-state index is 10.9.